The lowest BCUT2D eigenvalue weighted by atomic mass is 10.1. The highest BCUT2D eigenvalue weighted by molar-refractivity contribution is 5.90. The van der Waals surface area contributed by atoms with Crippen molar-refractivity contribution in [3.8, 4) is 0 Å². The summed E-state index contributed by atoms with van der Waals surface area (Å²) < 4.78 is 5.16. The molecular formula is C10H14O4. The molecule has 0 spiro atoms. The number of ether oxygens (including phenoxy) is 1. The zero-order chi connectivity index (χ0) is 10.6. The maximum Gasteiger partial charge on any atom is 0.331 e. The van der Waals surface area contributed by atoms with Crippen molar-refractivity contribution >= 4 is 11.9 Å². The lowest BCUT2D eigenvalue weighted by Gasteiger charge is -2.22. The molecule has 0 amide bonds. The molecule has 1 rings (SSSR count). The maximum atomic E-state index is 11.1. The van der Waals surface area contributed by atoms with E-state index < -0.39 is 11.9 Å². The first-order valence-electron chi connectivity index (χ1n) is 4.66. The summed E-state index contributed by atoms with van der Waals surface area (Å²) in [6.07, 6.45) is 5.59. The molecule has 0 saturated heterocycles. The molecule has 78 valence electrons. The van der Waals surface area contributed by atoms with E-state index in [1.807, 2.05) is 6.92 Å². The normalized spacial score (nSPS) is 19.8. The first-order valence-corrected chi connectivity index (χ1v) is 4.66. The van der Waals surface area contributed by atoms with Gasteiger partial charge in [0, 0.05) is 12.2 Å². The molecule has 1 fully saturated rings. The average molecular weight is 198 g/mol. The predicted octanol–water partition coefficient (Wildman–Crippen LogP) is 1.50. The number of carboxylic acids is 1. The highest BCUT2D eigenvalue weighted by Crippen LogP contribution is 2.32. The predicted molar refractivity (Wildman–Crippen MR) is 49.7 cm³/mol. The quantitative estimate of drug-likeness (QED) is 0.551. The van der Waals surface area contributed by atoms with Crippen molar-refractivity contribution in [2.75, 3.05) is 0 Å². The van der Waals surface area contributed by atoms with E-state index in [1.165, 1.54) is 0 Å². The van der Waals surface area contributed by atoms with Crippen LogP contribution in [0.25, 0.3) is 0 Å². The minimum atomic E-state index is -1.14. The molecule has 14 heavy (non-hydrogen) atoms. The minimum Gasteiger partial charge on any atom is -0.478 e. The number of rotatable bonds is 3. The van der Waals surface area contributed by atoms with Gasteiger partial charge in [-0.05, 0) is 32.6 Å². The lowest BCUT2D eigenvalue weighted by Crippen LogP contribution is -2.27. The fourth-order valence-electron chi connectivity index (χ4n) is 1.64. The Morgan fingerprint density at radius 3 is 2.36 bits per heavy atom. The van der Waals surface area contributed by atoms with Crippen LogP contribution in [0.15, 0.2) is 12.2 Å². The largest absolute Gasteiger partial charge is 0.478 e. The standard InChI is InChI=1S/C10H14O4/c1-10(6-2-3-7-10)14-9(13)5-4-8(11)12/h4-5H,2-3,6-7H2,1H3,(H,11,12)/b5-4-. The summed E-state index contributed by atoms with van der Waals surface area (Å²) in [5.41, 5.74) is -0.389. The van der Waals surface area contributed by atoms with E-state index in [-0.39, 0.29) is 5.60 Å². The van der Waals surface area contributed by atoms with E-state index in [9.17, 15) is 9.59 Å². The lowest BCUT2D eigenvalue weighted by molar-refractivity contribution is -0.151. The Hall–Kier alpha value is -1.32. The molecule has 0 unspecified atom stereocenters. The molecule has 0 radical (unpaired) electrons. The molecule has 1 aliphatic carbocycles. The van der Waals surface area contributed by atoms with Crippen molar-refractivity contribution < 1.29 is 19.4 Å². The number of carbonyl (C=O) groups is 2. The van der Waals surface area contributed by atoms with Gasteiger partial charge in [0.1, 0.15) is 5.60 Å². The molecule has 0 atom stereocenters. The van der Waals surface area contributed by atoms with Crippen LogP contribution in [-0.2, 0) is 14.3 Å². The Kier molecular flexibility index (Phi) is 3.28. The van der Waals surface area contributed by atoms with Crippen molar-refractivity contribution in [1.82, 2.24) is 0 Å². The van der Waals surface area contributed by atoms with Gasteiger partial charge < -0.3 is 9.84 Å². The van der Waals surface area contributed by atoms with Gasteiger partial charge in [-0.25, -0.2) is 9.59 Å². The second kappa shape index (κ2) is 4.26. The van der Waals surface area contributed by atoms with Gasteiger partial charge in [-0.15, -0.1) is 0 Å². The number of carbonyl (C=O) groups excluding carboxylic acids is 1. The van der Waals surface area contributed by atoms with E-state index in [2.05, 4.69) is 0 Å². The van der Waals surface area contributed by atoms with Crippen LogP contribution in [0.4, 0.5) is 0 Å². The SMILES string of the molecule is CC1(OC(=O)/C=C\C(=O)O)CCCC1. The van der Waals surface area contributed by atoms with Gasteiger partial charge in [0.25, 0.3) is 0 Å². The molecule has 1 saturated carbocycles. The van der Waals surface area contributed by atoms with Crippen LogP contribution in [0.5, 0.6) is 0 Å². The molecule has 0 aliphatic heterocycles. The zero-order valence-electron chi connectivity index (χ0n) is 8.16. The Balaban J connectivity index is 2.44. The summed E-state index contributed by atoms with van der Waals surface area (Å²) in [7, 11) is 0. The van der Waals surface area contributed by atoms with Crippen molar-refractivity contribution in [3.05, 3.63) is 12.2 Å². The third kappa shape index (κ3) is 3.20. The third-order valence-corrected chi connectivity index (χ3v) is 2.37. The fourth-order valence-corrected chi connectivity index (χ4v) is 1.64. The second-order valence-corrected chi connectivity index (χ2v) is 3.75. The Morgan fingerprint density at radius 1 is 1.29 bits per heavy atom. The summed E-state index contributed by atoms with van der Waals surface area (Å²) >= 11 is 0. The number of hydrogen-bond donors (Lipinski definition) is 1. The van der Waals surface area contributed by atoms with E-state index >= 15 is 0 Å². The molecule has 4 heteroatoms. The third-order valence-electron chi connectivity index (χ3n) is 2.37. The highest BCUT2D eigenvalue weighted by atomic mass is 16.6. The van der Waals surface area contributed by atoms with E-state index in [0.29, 0.717) is 0 Å². The van der Waals surface area contributed by atoms with E-state index in [1.54, 1.807) is 0 Å². The highest BCUT2D eigenvalue weighted by Gasteiger charge is 2.31. The Labute approximate surface area is 82.6 Å². The smallest absolute Gasteiger partial charge is 0.331 e. The van der Waals surface area contributed by atoms with Crippen LogP contribution in [0, 0.1) is 0 Å². The topological polar surface area (TPSA) is 63.6 Å². The maximum absolute atomic E-state index is 11.1. The first-order chi connectivity index (χ1) is 6.52. The summed E-state index contributed by atoms with van der Waals surface area (Å²) in [4.78, 5) is 21.3. The Morgan fingerprint density at radius 2 is 1.86 bits per heavy atom. The van der Waals surface area contributed by atoms with Crippen molar-refractivity contribution in [1.29, 1.82) is 0 Å². The monoisotopic (exact) mass is 198 g/mol. The van der Waals surface area contributed by atoms with E-state index in [4.69, 9.17) is 9.84 Å². The van der Waals surface area contributed by atoms with Crippen LogP contribution in [-0.4, -0.2) is 22.6 Å². The van der Waals surface area contributed by atoms with Crippen molar-refractivity contribution in [2.24, 2.45) is 0 Å². The first kappa shape index (κ1) is 10.8. The van der Waals surface area contributed by atoms with Crippen molar-refractivity contribution in [3.63, 3.8) is 0 Å². The minimum absolute atomic E-state index is 0.389. The van der Waals surface area contributed by atoms with Crippen LogP contribution in [0.3, 0.4) is 0 Å². The molecule has 0 aromatic carbocycles. The van der Waals surface area contributed by atoms with Gasteiger partial charge in [0.2, 0.25) is 0 Å². The molecule has 1 aliphatic rings. The summed E-state index contributed by atoms with van der Waals surface area (Å²) in [6.45, 7) is 1.88. The summed E-state index contributed by atoms with van der Waals surface area (Å²) in [5.74, 6) is -1.71. The number of carboxylic acid groups (broad SMARTS) is 1. The van der Waals surface area contributed by atoms with Gasteiger partial charge in [0.05, 0.1) is 0 Å². The number of esters is 1. The Bertz CT molecular complexity index is 261. The summed E-state index contributed by atoms with van der Waals surface area (Å²) in [6, 6.07) is 0. The number of hydrogen-bond acceptors (Lipinski definition) is 3. The molecule has 0 aromatic rings. The zero-order valence-corrected chi connectivity index (χ0v) is 8.16. The number of aliphatic carboxylic acids is 1. The molecule has 0 heterocycles. The molecule has 1 N–H and O–H groups in total. The van der Waals surface area contributed by atoms with Crippen LogP contribution in [0.1, 0.15) is 32.6 Å². The van der Waals surface area contributed by atoms with Crippen molar-refractivity contribution in [2.45, 2.75) is 38.2 Å². The van der Waals surface area contributed by atoms with Gasteiger partial charge >= 0.3 is 11.9 Å². The fraction of sp³-hybridized carbons (Fsp3) is 0.600. The van der Waals surface area contributed by atoms with Crippen LogP contribution < -0.4 is 0 Å². The second-order valence-electron chi connectivity index (χ2n) is 3.75. The average Bonchev–Trinajstić information content (AvgIpc) is 2.48. The molecular weight excluding hydrogens is 184 g/mol. The molecule has 4 nitrogen and oxygen atoms in total. The van der Waals surface area contributed by atoms with Crippen LogP contribution in [0.2, 0.25) is 0 Å². The molecule has 0 bridgehead atoms. The van der Waals surface area contributed by atoms with Crippen LogP contribution >= 0.6 is 0 Å². The van der Waals surface area contributed by atoms with Gasteiger partial charge in [-0.3, -0.25) is 0 Å². The van der Waals surface area contributed by atoms with Gasteiger partial charge in [-0.2, -0.15) is 0 Å². The van der Waals surface area contributed by atoms with E-state index in [0.717, 1.165) is 37.8 Å². The van der Waals surface area contributed by atoms with Gasteiger partial charge in [-0.1, -0.05) is 0 Å². The van der Waals surface area contributed by atoms with Gasteiger partial charge in [0.15, 0.2) is 0 Å². The summed E-state index contributed by atoms with van der Waals surface area (Å²) in [5, 5.41) is 8.29. The molecule has 0 aromatic heterocycles.